The van der Waals surface area contributed by atoms with Gasteiger partial charge in [0.15, 0.2) is 5.96 Å². The predicted octanol–water partition coefficient (Wildman–Crippen LogP) is 2.68. The average Bonchev–Trinajstić information content (AvgIpc) is 2.85. The Morgan fingerprint density at radius 2 is 2.29 bits per heavy atom. The Hall–Kier alpha value is -0.340. The molecule has 0 aromatic carbocycles. The van der Waals surface area contributed by atoms with E-state index in [4.69, 9.17) is 0 Å². The van der Waals surface area contributed by atoms with Gasteiger partial charge in [0, 0.05) is 25.0 Å². The number of aryl methyl sites for hydroxylation is 1. The quantitative estimate of drug-likeness (QED) is 0.445. The van der Waals surface area contributed by atoms with Crippen LogP contribution in [0.1, 0.15) is 23.3 Å². The standard InChI is InChI=1S/C15H26N4S.HI/c1-12-6-8-20-14(12)10-18-15(16-2)17-9-13-5-4-7-19(3)11-13;/h6,8,13H,4-5,7,9-11H2,1-3H3,(H2,16,17,18);1H. The minimum atomic E-state index is 0. The van der Waals surface area contributed by atoms with Gasteiger partial charge in [-0.05, 0) is 56.3 Å². The molecule has 2 N–H and O–H groups in total. The number of halogens is 1. The molecule has 1 aliphatic heterocycles. The van der Waals surface area contributed by atoms with Crippen molar-refractivity contribution in [2.75, 3.05) is 33.7 Å². The molecule has 1 aliphatic rings. The first-order valence-corrected chi connectivity index (χ1v) is 8.23. The molecule has 0 saturated carbocycles. The maximum atomic E-state index is 4.31. The Balaban J connectivity index is 0.00000220. The van der Waals surface area contributed by atoms with Crippen LogP contribution < -0.4 is 10.6 Å². The van der Waals surface area contributed by atoms with E-state index in [-0.39, 0.29) is 24.0 Å². The molecule has 21 heavy (non-hydrogen) atoms. The van der Waals surface area contributed by atoms with Crippen molar-refractivity contribution in [2.45, 2.75) is 26.3 Å². The fourth-order valence-corrected chi connectivity index (χ4v) is 3.50. The summed E-state index contributed by atoms with van der Waals surface area (Å²) in [6.07, 6.45) is 2.63. The number of thiophene rings is 1. The van der Waals surface area contributed by atoms with Crippen LogP contribution in [0.3, 0.4) is 0 Å². The summed E-state index contributed by atoms with van der Waals surface area (Å²) >= 11 is 1.80. The van der Waals surface area contributed by atoms with Gasteiger partial charge in [0.2, 0.25) is 0 Å². The zero-order chi connectivity index (χ0) is 14.4. The molecule has 1 atom stereocenters. The van der Waals surface area contributed by atoms with E-state index in [0.29, 0.717) is 0 Å². The number of rotatable bonds is 4. The maximum absolute atomic E-state index is 4.31. The third-order valence-corrected chi connectivity index (χ3v) is 4.91. The van der Waals surface area contributed by atoms with Gasteiger partial charge in [-0.2, -0.15) is 0 Å². The number of guanidine groups is 1. The van der Waals surface area contributed by atoms with Crippen LogP contribution in [0.4, 0.5) is 0 Å². The van der Waals surface area contributed by atoms with Gasteiger partial charge in [-0.3, -0.25) is 4.99 Å². The molecule has 0 radical (unpaired) electrons. The largest absolute Gasteiger partial charge is 0.356 e. The van der Waals surface area contributed by atoms with E-state index < -0.39 is 0 Å². The Labute approximate surface area is 149 Å². The van der Waals surface area contributed by atoms with Crippen LogP contribution in [0.15, 0.2) is 16.4 Å². The molecule has 1 fully saturated rings. The fourth-order valence-electron chi connectivity index (χ4n) is 2.65. The van der Waals surface area contributed by atoms with Crippen molar-refractivity contribution in [1.82, 2.24) is 15.5 Å². The lowest BCUT2D eigenvalue weighted by molar-refractivity contribution is 0.210. The minimum absolute atomic E-state index is 0. The lowest BCUT2D eigenvalue weighted by atomic mass is 9.99. The third kappa shape index (κ3) is 6.12. The molecule has 0 spiro atoms. The summed E-state index contributed by atoms with van der Waals surface area (Å²) in [5, 5.41) is 9.00. The molecule has 6 heteroatoms. The predicted molar refractivity (Wildman–Crippen MR) is 103 cm³/mol. The zero-order valence-electron chi connectivity index (χ0n) is 13.2. The summed E-state index contributed by atoms with van der Waals surface area (Å²) < 4.78 is 0. The smallest absolute Gasteiger partial charge is 0.191 e. The number of aliphatic imine (C=N–C) groups is 1. The number of hydrogen-bond donors (Lipinski definition) is 2. The lowest BCUT2D eigenvalue weighted by Gasteiger charge is -2.30. The second-order valence-electron chi connectivity index (χ2n) is 5.60. The Morgan fingerprint density at radius 1 is 1.48 bits per heavy atom. The van der Waals surface area contributed by atoms with Gasteiger partial charge in [0.25, 0.3) is 0 Å². The third-order valence-electron chi connectivity index (χ3n) is 3.89. The number of nitrogens with zero attached hydrogens (tertiary/aromatic N) is 2. The van der Waals surface area contributed by atoms with Gasteiger partial charge >= 0.3 is 0 Å². The fraction of sp³-hybridized carbons (Fsp3) is 0.667. The van der Waals surface area contributed by atoms with Crippen molar-refractivity contribution in [2.24, 2.45) is 10.9 Å². The molecule has 2 rings (SSSR count). The summed E-state index contributed by atoms with van der Waals surface area (Å²) in [6, 6.07) is 2.16. The molecule has 0 aliphatic carbocycles. The van der Waals surface area contributed by atoms with E-state index in [1.807, 2.05) is 7.05 Å². The average molecular weight is 422 g/mol. The van der Waals surface area contributed by atoms with Gasteiger partial charge in [0.05, 0.1) is 6.54 Å². The van der Waals surface area contributed by atoms with Crippen LogP contribution in [0, 0.1) is 12.8 Å². The highest BCUT2D eigenvalue weighted by atomic mass is 127. The Morgan fingerprint density at radius 3 is 2.90 bits per heavy atom. The SMILES string of the molecule is CN=C(NCc1sccc1C)NCC1CCCN(C)C1.I. The van der Waals surface area contributed by atoms with E-state index in [1.165, 1.54) is 36.4 Å². The molecule has 120 valence electrons. The number of likely N-dealkylation sites (tertiary alicyclic amines) is 1. The lowest BCUT2D eigenvalue weighted by Crippen LogP contribution is -2.43. The van der Waals surface area contributed by atoms with Gasteiger partial charge in [-0.25, -0.2) is 0 Å². The van der Waals surface area contributed by atoms with Gasteiger partial charge < -0.3 is 15.5 Å². The highest BCUT2D eigenvalue weighted by Crippen LogP contribution is 2.15. The molecule has 0 amide bonds. The van der Waals surface area contributed by atoms with Crippen LogP contribution >= 0.6 is 35.3 Å². The van der Waals surface area contributed by atoms with Crippen molar-refractivity contribution in [1.29, 1.82) is 0 Å². The molecule has 1 unspecified atom stereocenters. The van der Waals surface area contributed by atoms with Crippen LogP contribution in [-0.2, 0) is 6.54 Å². The molecule has 1 saturated heterocycles. The van der Waals surface area contributed by atoms with Gasteiger partial charge in [-0.15, -0.1) is 35.3 Å². The molecular formula is C15H27IN4S. The Kier molecular flexibility index (Phi) is 8.58. The first kappa shape index (κ1) is 18.7. The molecule has 0 bridgehead atoms. The minimum Gasteiger partial charge on any atom is -0.356 e. The maximum Gasteiger partial charge on any atom is 0.191 e. The second-order valence-corrected chi connectivity index (χ2v) is 6.60. The van der Waals surface area contributed by atoms with Crippen molar-refractivity contribution in [3.63, 3.8) is 0 Å². The van der Waals surface area contributed by atoms with Crippen LogP contribution in [0.5, 0.6) is 0 Å². The number of hydrogen-bond acceptors (Lipinski definition) is 3. The van der Waals surface area contributed by atoms with Crippen molar-refractivity contribution in [3.05, 3.63) is 21.9 Å². The summed E-state index contributed by atoms with van der Waals surface area (Å²) in [6.45, 7) is 6.44. The van der Waals surface area contributed by atoms with E-state index in [0.717, 1.165) is 25.0 Å². The van der Waals surface area contributed by atoms with Crippen LogP contribution in [-0.4, -0.2) is 44.6 Å². The van der Waals surface area contributed by atoms with E-state index >= 15 is 0 Å². The molecule has 2 heterocycles. The summed E-state index contributed by atoms with van der Waals surface area (Å²) in [4.78, 5) is 8.10. The Bertz CT molecular complexity index is 447. The van der Waals surface area contributed by atoms with Crippen LogP contribution in [0.25, 0.3) is 0 Å². The number of nitrogens with one attached hydrogen (secondary N) is 2. The number of piperidine rings is 1. The zero-order valence-corrected chi connectivity index (χ0v) is 16.3. The summed E-state index contributed by atoms with van der Waals surface area (Å²) in [5.41, 5.74) is 1.35. The highest BCUT2D eigenvalue weighted by Gasteiger charge is 2.17. The summed E-state index contributed by atoms with van der Waals surface area (Å²) in [5.74, 6) is 1.64. The van der Waals surface area contributed by atoms with E-state index in [1.54, 1.807) is 11.3 Å². The van der Waals surface area contributed by atoms with E-state index in [9.17, 15) is 0 Å². The van der Waals surface area contributed by atoms with Crippen molar-refractivity contribution in [3.8, 4) is 0 Å². The molecule has 1 aromatic heterocycles. The molecule has 4 nitrogen and oxygen atoms in total. The summed E-state index contributed by atoms with van der Waals surface area (Å²) in [7, 11) is 4.04. The molecular weight excluding hydrogens is 395 g/mol. The first-order chi connectivity index (χ1) is 9.69. The normalized spacial score (nSPS) is 20.0. The monoisotopic (exact) mass is 422 g/mol. The van der Waals surface area contributed by atoms with Crippen molar-refractivity contribution < 1.29 is 0 Å². The van der Waals surface area contributed by atoms with Gasteiger partial charge in [0.1, 0.15) is 0 Å². The van der Waals surface area contributed by atoms with Gasteiger partial charge in [-0.1, -0.05) is 0 Å². The first-order valence-electron chi connectivity index (χ1n) is 7.35. The highest BCUT2D eigenvalue weighted by molar-refractivity contribution is 14.0. The second kappa shape index (κ2) is 9.63. The van der Waals surface area contributed by atoms with E-state index in [2.05, 4.69) is 45.9 Å². The van der Waals surface area contributed by atoms with Crippen molar-refractivity contribution >= 4 is 41.3 Å². The molecule has 1 aromatic rings. The topological polar surface area (TPSA) is 39.7 Å². The van der Waals surface area contributed by atoms with Crippen LogP contribution in [0.2, 0.25) is 0 Å².